The Balaban J connectivity index is 1.83. The van der Waals surface area contributed by atoms with Crippen molar-refractivity contribution in [2.24, 2.45) is 5.92 Å². The van der Waals surface area contributed by atoms with Crippen molar-refractivity contribution in [3.8, 4) is 0 Å². The summed E-state index contributed by atoms with van der Waals surface area (Å²) in [6.45, 7) is 2.57. The van der Waals surface area contributed by atoms with Gasteiger partial charge in [0.05, 0.1) is 0 Å². The van der Waals surface area contributed by atoms with E-state index in [0.717, 1.165) is 5.92 Å². The Morgan fingerprint density at radius 3 is 1.62 bits per heavy atom. The van der Waals surface area contributed by atoms with Crippen LogP contribution in [0.1, 0.15) is 32.6 Å². The first-order valence-corrected chi connectivity index (χ1v) is 11.2. The summed E-state index contributed by atoms with van der Waals surface area (Å²) in [5, 5.41) is 0. The summed E-state index contributed by atoms with van der Waals surface area (Å²) < 4.78 is 3.65. The van der Waals surface area contributed by atoms with Crippen molar-refractivity contribution in [2.75, 3.05) is 0 Å². The van der Waals surface area contributed by atoms with Gasteiger partial charge in [0.15, 0.2) is 0 Å². The molecule has 0 atom stereocenters. The van der Waals surface area contributed by atoms with Crippen molar-refractivity contribution >= 4 is 38.8 Å². The molecule has 1 aliphatic rings. The molecule has 0 heterocycles. The number of hydrogen-bond acceptors (Lipinski definition) is 0. The molecule has 0 saturated heterocycles. The number of rotatable bonds is 5. The van der Waals surface area contributed by atoms with Crippen molar-refractivity contribution in [2.45, 2.75) is 35.8 Å². The third-order valence-corrected chi connectivity index (χ3v) is 11.3. The second kappa shape index (κ2) is 7.16. The van der Waals surface area contributed by atoms with E-state index < -0.39 is 0 Å². The Labute approximate surface area is 141 Å². The normalized spacial score (nSPS) is 16.2. The zero-order chi connectivity index (χ0) is 14.5. The van der Waals surface area contributed by atoms with Gasteiger partial charge in [-0.05, 0) is 0 Å². The molecule has 110 valence electrons. The molecule has 0 spiro atoms. The van der Waals surface area contributed by atoms with Crippen LogP contribution < -0.4 is 8.92 Å². The molecule has 0 nitrogen and oxygen atoms in total. The fourth-order valence-electron chi connectivity index (χ4n) is 3.08. The molecule has 1 saturated carbocycles. The van der Waals surface area contributed by atoms with E-state index in [2.05, 4.69) is 67.6 Å². The van der Waals surface area contributed by atoms with Crippen molar-refractivity contribution < 1.29 is 0 Å². The molecular weight excluding hydrogens is 386 g/mol. The molecule has 1 fully saturated rings. The van der Waals surface area contributed by atoms with Crippen LogP contribution in [0.2, 0.25) is 3.21 Å². The fourth-order valence-corrected chi connectivity index (χ4v) is 10.6. The third kappa shape index (κ3) is 4.02. The first kappa shape index (κ1) is 15.4. The van der Waals surface area contributed by atoms with Gasteiger partial charge in [0.2, 0.25) is 0 Å². The van der Waals surface area contributed by atoms with Gasteiger partial charge in [-0.1, -0.05) is 0 Å². The van der Waals surface area contributed by atoms with E-state index >= 15 is 0 Å². The fraction of sp³-hybridized carbons (Fsp3) is 0.368. The third-order valence-electron chi connectivity index (χ3n) is 4.22. The zero-order valence-corrected chi connectivity index (χ0v) is 15.9. The van der Waals surface area contributed by atoms with Crippen LogP contribution in [0, 0.1) is 5.92 Å². The Morgan fingerprint density at radius 1 is 0.762 bits per heavy atom. The second-order valence-electron chi connectivity index (χ2n) is 5.83. The van der Waals surface area contributed by atoms with Gasteiger partial charge < -0.3 is 0 Å². The maximum absolute atomic E-state index is 2.57. The summed E-state index contributed by atoms with van der Waals surface area (Å²) in [6.07, 6.45) is 5.77. The molecule has 0 radical (unpaired) electrons. The summed E-state index contributed by atoms with van der Waals surface area (Å²) in [5.74, 6) is 0.929. The SMILES string of the molecule is CC([Se]c1ccccc1)([Se]c1ccccc1)C1CCCC1. The van der Waals surface area contributed by atoms with Crippen LogP contribution in [-0.4, -0.2) is 29.9 Å². The average Bonchev–Trinajstić information content (AvgIpc) is 3.04. The summed E-state index contributed by atoms with van der Waals surface area (Å²) in [7, 11) is 0. The van der Waals surface area contributed by atoms with Crippen molar-refractivity contribution in [3.05, 3.63) is 60.7 Å². The molecule has 0 bridgehead atoms. The molecule has 1 aliphatic carbocycles. The summed E-state index contributed by atoms with van der Waals surface area (Å²) in [6, 6.07) is 22.4. The molecule has 0 amide bonds. The van der Waals surface area contributed by atoms with Crippen LogP contribution in [0.3, 0.4) is 0 Å². The monoisotopic (exact) mass is 410 g/mol. The van der Waals surface area contributed by atoms with E-state index in [0.29, 0.717) is 33.1 Å². The zero-order valence-electron chi connectivity index (χ0n) is 12.5. The summed E-state index contributed by atoms with van der Waals surface area (Å²) in [4.78, 5) is 0. The van der Waals surface area contributed by atoms with Gasteiger partial charge in [-0.15, -0.1) is 0 Å². The molecule has 0 unspecified atom stereocenters. The average molecular weight is 408 g/mol. The minimum absolute atomic E-state index is 0.513. The van der Waals surface area contributed by atoms with Gasteiger partial charge in [0.25, 0.3) is 0 Å². The van der Waals surface area contributed by atoms with Crippen LogP contribution in [0.15, 0.2) is 60.7 Å². The quantitative estimate of drug-likeness (QED) is 0.666. The molecule has 3 rings (SSSR count). The Hall–Kier alpha value is -0.521. The molecule has 0 aromatic heterocycles. The van der Waals surface area contributed by atoms with Gasteiger partial charge in [-0.3, -0.25) is 0 Å². The van der Waals surface area contributed by atoms with Gasteiger partial charge in [-0.25, -0.2) is 0 Å². The standard InChI is InChI=1S/C19H22Se2/c1-19(16-10-8-9-11-16,20-17-12-4-2-5-13-17)21-18-14-6-3-7-15-18/h2-7,12-16H,8-11H2,1H3. The maximum atomic E-state index is 2.57. The Morgan fingerprint density at radius 2 is 1.19 bits per heavy atom. The second-order valence-corrected chi connectivity index (χ2v) is 13.5. The van der Waals surface area contributed by atoms with Crippen LogP contribution in [0.25, 0.3) is 0 Å². The minimum atomic E-state index is 0.513. The van der Waals surface area contributed by atoms with E-state index in [1.807, 2.05) is 0 Å². The molecule has 21 heavy (non-hydrogen) atoms. The van der Waals surface area contributed by atoms with E-state index in [4.69, 9.17) is 0 Å². The summed E-state index contributed by atoms with van der Waals surface area (Å²) >= 11 is 1.14. The summed E-state index contributed by atoms with van der Waals surface area (Å²) in [5.41, 5.74) is 0. The van der Waals surface area contributed by atoms with E-state index in [1.165, 1.54) is 25.7 Å². The van der Waals surface area contributed by atoms with Crippen LogP contribution in [-0.2, 0) is 0 Å². The molecule has 0 aliphatic heterocycles. The topological polar surface area (TPSA) is 0 Å². The van der Waals surface area contributed by atoms with E-state index in [1.54, 1.807) is 8.92 Å². The van der Waals surface area contributed by atoms with E-state index in [9.17, 15) is 0 Å². The molecular formula is C19H22Se2. The predicted octanol–water partition coefficient (Wildman–Crippen LogP) is 3.37. The van der Waals surface area contributed by atoms with Gasteiger partial charge in [0, 0.05) is 0 Å². The van der Waals surface area contributed by atoms with Crippen molar-refractivity contribution in [3.63, 3.8) is 0 Å². The van der Waals surface area contributed by atoms with Crippen molar-refractivity contribution in [1.82, 2.24) is 0 Å². The van der Waals surface area contributed by atoms with Crippen LogP contribution in [0.5, 0.6) is 0 Å². The van der Waals surface area contributed by atoms with Crippen molar-refractivity contribution in [1.29, 1.82) is 0 Å². The van der Waals surface area contributed by atoms with E-state index in [-0.39, 0.29) is 0 Å². The van der Waals surface area contributed by atoms with Gasteiger partial charge in [-0.2, -0.15) is 0 Å². The van der Waals surface area contributed by atoms with Gasteiger partial charge >= 0.3 is 141 Å². The molecule has 2 aromatic carbocycles. The number of benzene rings is 2. The molecule has 0 N–H and O–H groups in total. The van der Waals surface area contributed by atoms with Crippen LogP contribution in [0.4, 0.5) is 0 Å². The Bertz CT molecular complexity index is 503. The number of hydrogen-bond donors (Lipinski definition) is 0. The molecule has 2 aromatic rings. The first-order chi connectivity index (χ1) is 10.3. The van der Waals surface area contributed by atoms with Crippen LogP contribution >= 0.6 is 0 Å². The first-order valence-electron chi connectivity index (χ1n) is 7.74. The Kier molecular flexibility index (Phi) is 5.24. The van der Waals surface area contributed by atoms with Gasteiger partial charge in [0.1, 0.15) is 0 Å². The molecule has 2 heteroatoms. The predicted molar refractivity (Wildman–Crippen MR) is 94.0 cm³/mol.